The van der Waals surface area contributed by atoms with E-state index in [1.54, 1.807) is 0 Å². The van der Waals surface area contributed by atoms with Crippen LogP contribution in [0.3, 0.4) is 0 Å². The van der Waals surface area contributed by atoms with Gasteiger partial charge in [0.2, 0.25) is 0 Å². The van der Waals surface area contributed by atoms with Crippen molar-refractivity contribution in [3.63, 3.8) is 0 Å². The fourth-order valence-electron chi connectivity index (χ4n) is 1.95. The van der Waals surface area contributed by atoms with E-state index in [0.29, 0.717) is 18.3 Å². The van der Waals surface area contributed by atoms with Crippen LogP contribution in [0.1, 0.15) is 58.4 Å². The van der Waals surface area contributed by atoms with Gasteiger partial charge < -0.3 is 0 Å². The predicted molar refractivity (Wildman–Crippen MR) is 78.2 cm³/mol. The van der Waals surface area contributed by atoms with Crippen LogP contribution in [0.15, 0.2) is 30.3 Å². The SMILES string of the molecule is CC(C)(C)C.O=C1CC(=O)CC(c2ccccc2)C1. The van der Waals surface area contributed by atoms with Gasteiger partial charge in [-0.2, -0.15) is 0 Å². The minimum Gasteiger partial charge on any atom is -0.299 e. The van der Waals surface area contributed by atoms with Gasteiger partial charge in [0, 0.05) is 12.8 Å². The number of carbonyl (C=O) groups is 2. The summed E-state index contributed by atoms with van der Waals surface area (Å²) >= 11 is 0. The zero-order valence-electron chi connectivity index (χ0n) is 12.4. The summed E-state index contributed by atoms with van der Waals surface area (Å²) in [5.74, 6) is 0.273. The van der Waals surface area contributed by atoms with Crippen molar-refractivity contribution in [1.29, 1.82) is 0 Å². The molecule has 2 rings (SSSR count). The summed E-state index contributed by atoms with van der Waals surface area (Å²) in [5.41, 5.74) is 1.61. The smallest absolute Gasteiger partial charge is 0.140 e. The third-order valence-electron chi connectivity index (χ3n) is 2.61. The summed E-state index contributed by atoms with van der Waals surface area (Å²) in [7, 11) is 0. The van der Waals surface area contributed by atoms with Crippen LogP contribution >= 0.6 is 0 Å². The van der Waals surface area contributed by atoms with Crippen molar-refractivity contribution in [2.45, 2.75) is 52.9 Å². The lowest BCUT2D eigenvalue weighted by molar-refractivity contribution is -0.130. The molecule has 19 heavy (non-hydrogen) atoms. The monoisotopic (exact) mass is 260 g/mol. The first kappa shape index (κ1) is 15.6. The molecule has 2 nitrogen and oxygen atoms in total. The van der Waals surface area contributed by atoms with Crippen LogP contribution in [-0.2, 0) is 9.59 Å². The summed E-state index contributed by atoms with van der Waals surface area (Å²) in [5, 5.41) is 0. The van der Waals surface area contributed by atoms with E-state index in [1.165, 1.54) is 0 Å². The standard InChI is InChI=1S/C12H12O2.C5H12/c13-11-6-10(7-12(14)8-11)9-4-2-1-3-5-9;1-5(2,3)4/h1-5,10H,6-8H2;1-4H3. The second kappa shape index (κ2) is 6.65. The van der Waals surface area contributed by atoms with Crippen LogP contribution in [-0.4, -0.2) is 11.6 Å². The molecule has 0 atom stereocenters. The number of rotatable bonds is 1. The summed E-state index contributed by atoms with van der Waals surface area (Å²) in [6.07, 6.45) is 1.19. The van der Waals surface area contributed by atoms with Gasteiger partial charge in [-0.05, 0) is 16.9 Å². The summed E-state index contributed by atoms with van der Waals surface area (Å²) in [6.45, 7) is 8.75. The highest BCUT2D eigenvalue weighted by molar-refractivity contribution is 6.02. The Labute approximate surface area is 116 Å². The molecule has 1 fully saturated rings. The third-order valence-corrected chi connectivity index (χ3v) is 2.61. The Morgan fingerprint density at radius 1 is 0.895 bits per heavy atom. The van der Waals surface area contributed by atoms with Crippen molar-refractivity contribution in [2.75, 3.05) is 0 Å². The fourth-order valence-corrected chi connectivity index (χ4v) is 1.95. The van der Waals surface area contributed by atoms with Gasteiger partial charge in [0.15, 0.2) is 0 Å². The Kier molecular flexibility index (Phi) is 5.46. The Bertz CT molecular complexity index is 404. The van der Waals surface area contributed by atoms with Crippen LogP contribution in [0.4, 0.5) is 0 Å². The van der Waals surface area contributed by atoms with E-state index < -0.39 is 0 Å². The number of hydrogen-bond acceptors (Lipinski definition) is 2. The van der Waals surface area contributed by atoms with Crippen LogP contribution in [0, 0.1) is 5.41 Å². The van der Waals surface area contributed by atoms with Crippen LogP contribution in [0.25, 0.3) is 0 Å². The number of hydrogen-bond donors (Lipinski definition) is 0. The second-order valence-electron chi connectivity index (χ2n) is 6.77. The average molecular weight is 260 g/mol. The molecule has 0 N–H and O–H groups in total. The molecule has 0 radical (unpaired) electrons. The van der Waals surface area contributed by atoms with E-state index in [-0.39, 0.29) is 23.9 Å². The highest BCUT2D eigenvalue weighted by Crippen LogP contribution is 2.28. The minimum atomic E-state index is 0.0788. The molecule has 2 heteroatoms. The molecule has 0 spiro atoms. The summed E-state index contributed by atoms with van der Waals surface area (Å²) in [4.78, 5) is 22.5. The maximum Gasteiger partial charge on any atom is 0.140 e. The largest absolute Gasteiger partial charge is 0.299 e. The average Bonchev–Trinajstić information content (AvgIpc) is 2.26. The molecule has 0 saturated heterocycles. The normalized spacial score (nSPS) is 16.8. The molecule has 1 aliphatic carbocycles. The van der Waals surface area contributed by atoms with Crippen molar-refractivity contribution in [1.82, 2.24) is 0 Å². The zero-order chi connectivity index (χ0) is 14.5. The molecule has 0 unspecified atom stereocenters. The molecular weight excluding hydrogens is 236 g/mol. The maximum absolute atomic E-state index is 11.2. The highest BCUT2D eigenvalue weighted by atomic mass is 16.1. The Morgan fingerprint density at radius 2 is 1.32 bits per heavy atom. The lowest BCUT2D eigenvalue weighted by atomic mass is 9.83. The van der Waals surface area contributed by atoms with Gasteiger partial charge in [0.25, 0.3) is 0 Å². The van der Waals surface area contributed by atoms with Gasteiger partial charge in [-0.15, -0.1) is 0 Å². The minimum absolute atomic E-state index is 0.0788. The van der Waals surface area contributed by atoms with Crippen molar-refractivity contribution < 1.29 is 9.59 Å². The lowest BCUT2D eigenvalue weighted by Gasteiger charge is -2.19. The molecule has 1 aliphatic rings. The lowest BCUT2D eigenvalue weighted by Crippen LogP contribution is -2.21. The second-order valence-corrected chi connectivity index (χ2v) is 6.77. The molecule has 1 aromatic rings. The maximum atomic E-state index is 11.2. The van der Waals surface area contributed by atoms with Crippen molar-refractivity contribution in [3.05, 3.63) is 35.9 Å². The Hall–Kier alpha value is -1.44. The van der Waals surface area contributed by atoms with E-state index in [2.05, 4.69) is 27.7 Å². The first-order valence-corrected chi connectivity index (χ1v) is 6.84. The van der Waals surface area contributed by atoms with Gasteiger partial charge in [-0.25, -0.2) is 0 Å². The first-order chi connectivity index (χ1) is 8.75. The van der Waals surface area contributed by atoms with Gasteiger partial charge >= 0.3 is 0 Å². The zero-order valence-corrected chi connectivity index (χ0v) is 12.4. The van der Waals surface area contributed by atoms with Gasteiger partial charge in [0.1, 0.15) is 11.6 Å². The van der Waals surface area contributed by atoms with Gasteiger partial charge in [0.05, 0.1) is 6.42 Å². The van der Waals surface area contributed by atoms with E-state index in [0.717, 1.165) is 5.56 Å². The van der Waals surface area contributed by atoms with Gasteiger partial charge in [-0.3, -0.25) is 9.59 Å². The predicted octanol–water partition coefficient (Wildman–Crippen LogP) is 4.14. The molecule has 104 valence electrons. The number of Topliss-reactive ketones (excluding diaryl/α,β-unsaturated/α-hetero) is 2. The van der Waals surface area contributed by atoms with Gasteiger partial charge in [-0.1, -0.05) is 58.0 Å². The molecule has 0 heterocycles. The number of ketones is 2. The van der Waals surface area contributed by atoms with E-state index in [1.807, 2.05) is 30.3 Å². The number of benzene rings is 1. The van der Waals surface area contributed by atoms with Crippen LogP contribution < -0.4 is 0 Å². The Morgan fingerprint density at radius 3 is 1.74 bits per heavy atom. The molecular formula is C17H24O2. The molecule has 1 aromatic carbocycles. The van der Waals surface area contributed by atoms with Crippen molar-refractivity contribution in [3.8, 4) is 0 Å². The molecule has 1 saturated carbocycles. The van der Waals surface area contributed by atoms with Crippen molar-refractivity contribution in [2.24, 2.45) is 5.41 Å². The third kappa shape index (κ3) is 6.90. The molecule has 0 bridgehead atoms. The van der Waals surface area contributed by atoms with Crippen LogP contribution in [0.2, 0.25) is 0 Å². The number of carbonyl (C=O) groups excluding carboxylic acids is 2. The summed E-state index contributed by atoms with van der Waals surface area (Å²) < 4.78 is 0. The topological polar surface area (TPSA) is 34.1 Å². The Balaban J connectivity index is 0.000000312. The van der Waals surface area contributed by atoms with Crippen molar-refractivity contribution >= 4 is 11.6 Å². The van der Waals surface area contributed by atoms with E-state index in [9.17, 15) is 9.59 Å². The fraction of sp³-hybridized carbons (Fsp3) is 0.529. The summed E-state index contributed by atoms with van der Waals surface area (Å²) in [6, 6.07) is 9.79. The van der Waals surface area contributed by atoms with E-state index >= 15 is 0 Å². The quantitative estimate of drug-likeness (QED) is 0.711. The van der Waals surface area contributed by atoms with E-state index in [4.69, 9.17) is 0 Å². The molecule has 0 amide bonds. The highest BCUT2D eigenvalue weighted by Gasteiger charge is 2.26. The first-order valence-electron chi connectivity index (χ1n) is 6.84. The molecule has 0 aliphatic heterocycles. The van der Waals surface area contributed by atoms with Crippen LogP contribution in [0.5, 0.6) is 0 Å². The molecule has 0 aromatic heterocycles.